The van der Waals surface area contributed by atoms with E-state index in [2.05, 4.69) is 24.0 Å². The molecule has 0 radical (unpaired) electrons. The maximum atomic E-state index is 11.3. The Hall–Kier alpha value is -1.64. The van der Waals surface area contributed by atoms with Crippen LogP contribution in [0.5, 0.6) is 0 Å². The number of hydrogen-bond donors (Lipinski definition) is 1. The van der Waals surface area contributed by atoms with E-state index in [9.17, 15) is 5.11 Å². The van der Waals surface area contributed by atoms with Crippen molar-refractivity contribution in [3.05, 3.63) is 71.8 Å². The van der Waals surface area contributed by atoms with E-state index in [0.717, 1.165) is 11.1 Å². The molecule has 2 aromatic rings. The van der Waals surface area contributed by atoms with Crippen LogP contribution < -0.4 is 0 Å². The number of hydrogen-bond acceptors (Lipinski definition) is 2. The molecule has 2 rings (SSSR count). The zero-order valence-corrected chi connectivity index (χ0v) is 12.5. The van der Waals surface area contributed by atoms with E-state index < -0.39 is 5.60 Å². The van der Waals surface area contributed by atoms with Gasteiger partial charge in [-0.25, -0.2) is 0 Å². The third-order valence-corrected chi connectivity index (χ3v) is 4.06. The lowest BCUT2D eigenvalue weighted by Crippen LogP contribution is -2.47. The van der Waals surface area contributed by atoms with Gasteiger partial charge in [0, 0.05) is 12.5 Å². The first-order valence-corrected chi connectivity index (χ1v) is 7.02. The summed E-state index contributed by atoms with van der Waals surface area (Å²) >= 11 is 0. The first kappa shape index (κ1) is 14.8. The predicted molar refractivity (Wildman–Crippen MR) is 83.6 cm³/mol. The van der Waals surface area contributed by atoms with E-state index >= 15 is 0 Å². The van der Waals surface area contributed by atoms with Crippen LogP contribution in [0.1, 0.15) is 18.1 Å². The molecular weight excluding hydrogens is 246 g/mol. The molecule has 0 saturated heterocycles. The molecule has 2 atom stereocenters. The zero-order chi connectivity index (χ0) is 14.6. The van der Waals surface area contributed by atoms with Gasteiger partial charge in [0.05, 0.1) is 0 Å². The maximum absolute atomic E-state index is 11.3. The van der Waals surface area contributed by atoms with E-state index in [1.807, 2.05) is 62.6 Å². The Kier molecular flexibility index (Phi) is 4.58. The van der Waals surface area contributed by atoms with Crippen LogP contribution in [0.4, 0.5) is 0 Å². The fraction of sp³-hybridized carbons (Fsp3) is 0.333. The molecule has 0 aliphatic rings. The van der Waals surface area contributed by atoms with E-state index in [0.29, 0.717) is 6.42 Å². The molecule has 0 amide bonds. The minimum Gasteiger partial charge on any atom is -0.383 e. The van der Waals surface area contributed by atoms with Crippen LogP contribution in [0.3, 0.4) is 0 Å². The highest BCUT2D eigenvalue weighted by Crippen LogP contribution is 2.31. The molecule has 0 saturated carbocycles. The maximum Gasteiger partial charge on any atom is 0.109 e. The van der Waals surface area contributed by atoms with Gasteiger partial charge in [0.2, 0.25) is 0 Å². The van der Waals surface area contributed by atoms with Gasteiger partial charge in [0.15, 0.2) is 0 Å². The standard InChI is InChI=1S/C18H23NO/c1-15(19(2)3)18(20,17-12-8-5-9-13-17)14-16-10-6-4-7-11-16/h4-13,15,20H,14H2,1-3H3. The van der Waals surface area contributed by atoms with E-state index in [1.54, 1.807) is 0 Å². The van der Waals surface area contributed by atoms with E-state index in [4.69, 9.17) is 0 Å². The molecule has 0 bridgehead atoms. The van der Waals surface area contributed by atoms with Crippen LogP contribution >= 0.6 is 0 Å². The van der Waals surface area contributed by atoms with Crippen molar-refractivity contribution in [2.45, 2.75) is 25.0 Å². The Balaban J connectivity index is 2.39. The van der Waals surface area contributed by atoms with Crippen molar-refractivity contribution in [2.24, 2.45) is 0 Å². The summed E-state index contributed by atoms with van der Waals surface area (Å²) in [4.78, 5) is 2.07. The fourth-order valence-corrected chi connectivity index (χ4v) is 2.55. The molecular formula is C18H23NO. The highest BCUT2D eigenvalue weighted by molar-refractivity contribution is 5.28. The van der Waals surface area contributed by atoms with Gasteiger partial charge in [0.1, 0.15) is 5.60 Å². The number of benzene rings is 2. The Labute approximate surface area is 121 Å². The topological polar surface area (TPSA) is 23.5 Å². The van der Waals surface area contributed by atoms with Gasteiger partial charge in [-0.3, -0.25) is 0 Å². The van der Waals surface area contributed by atoms with E-state index in [-0.39, 0.29) is 6.04 Å². The third kappa shape index (κ3) is 3.09. The van der Waals surface area contributed by atoms with Crippen LogP contribution in [0, 0.1) is 0 Å². The summed E-state index contributed by atoms with van der Waals surface area (Å²) < 4.78 is 0. The Morgan fingerprint density at radius 2 is 1.45 bits per heavy atom. The van der Waals surface area contributed by atoms with Crippen LogP contribution in [0.15, 0.2) is 60.7 Å². The minimum absolute atomic E-state index is 0.0186. The predicted octanol–water partition coefficient (Wildman–Crippen LogP) is 3.07. The second kappa shape index (κ2) is 6.21. The van der Waals surface area contributed by atoms with Crippen molar-refractivity contribution in [2.75, 3.05) is 14.1 Å². The minimum atomic E-state index is -0.897. The second-order valence-corrected chi connectivity index (χ2v) is 5.59. The average molecular weight is 269 g/mol. The molecule has 106 valence electrons. The van der Waals surface area contributed by atoms with Crippen LogP contribution in [-0.2, 0) is 12.0 Å². The first-order valence-electron chi connectivity index (χ1n) is 7.02. The lowest BCUT2D eigenvalue weighted by atomic mass is 9.81. The van der Waals surface area contributed by atoms with Crippen molar-refractivity contribution in [1.82, 2.24) is 4.90 Å². The molecule has 2 nitrogen and oxygen atoms in total. The van der Waals surface area contributed by atoms with Gasteiger partial charge in [-0.2, -0.15) is 0 Å². The molecule has 2 unspecified atom stereocenters. The molecule has 1 N–H and O–H groups in total. The fourth-order valence-electron chi connectivity index (χ4n) is 2.55. The molecule has 0 spiro atoms. The zero-order valence-electron chi connectivity index (χ0n) is 12.5. The van der Waals surface area contributed by atoms with Crippen molar-refractivity contribution >= 4 is 0 Å². The van der Waals surface area contributed by atoms with Crippen LogP contribution in [0.25, 0.3) is 0 Å². The number of rotatable bonds is 5. The van der Waals surface area contributed by atoms with E-state index in [1.165, 1.54) is 0 Å². The molecule has 0 aromatic heterocycles. The molecule has 0 aliphatic heterocycles. The molecule has 0 heterocycles. The summed E-state index contributed by atoms with van der Waals surface area (Å²) in [5, 5.41) is 11.3. The normalized spacial score (nSPS) is 15.8. The molecule has 20 heavy (non-hydrogen) atoms. The lowest BCUT2D eigenvalue weighted by Gasteiger charge is -2.38. The summed E-state index contributed by atoms with van der Waals surface area (Å²) in [5.74, 6) is 0. The second-order valence-electron chi connectivity index (χ2n) is 5.59. The van der Waals surface area contributed by atoms with Crippen LogP contribution in [-0.4, -0.2) is 30.1 Å². The van der Waals surface area contributed by atoms with Gasteiger partial charge in [-0.05, 0) is 32.1 Å². The first-order chi connectivity index (χ1) is 9.54. The van der Waals surface area contributed by atoms with Gasteiger partial charge in [-0.1, -0.05) is 60.7 Å². The lowest BCUT2D eigenvalue weighted by molar-refractivity contribution is -0.0313. The molecule has 2 aromatic carbocycles. The monoisotopic (exact) mass is 269 g/mol. The Morgan fingerprint density at radius 3 is 1.95 bits per heavy atom. The van der Waals surface area contributed by atoms with Crippen LogP contribution in [0.2, 0.25) is 0 Å². The number of likely N-dealkylation sites (N-methyl/N-ethyl adjacent to an activating group) is 1. The highest BCUT2D eigenvalue weighted by Gasteiger charge is 2.36. The molecule has 2 heteroatoms. The van der Waals surface area contributed by atoms with Gasteiger partial charge >= 0.3 is 0 Å². The van der Waals surface area contributed by atoms with Crippen molar-refractivity contribution in [1.29, 1.82) is 0 Å². The number of aliphatic hydroxyl groups is 1. The largest absolute Gasteiger partial charge is 0.383 e. The van der Waals surface area contributed by atoms with Crippen molar-refractivity contribution in [3.63, 3.8) is 0 Å². The number of nitrogens with zero attached hydrogens (tertiary/aromatic N) is 1. The van der Waals surface area contributed by atoms with Gasteiger partial charge < -0.3 is 10.0 Å². The average Bonchev–Trinajstić information content (AvgIpc) is 2.48. The third-order valence-electron chi connectivity index (χ3n) is 4.06. The van der Waals surface area contributed by atoms with Crippen molar-refractivity contribution < 1.29 is 5.11 Å². The smallest absolute Gasteiger partial charge is 0.109 e. The highest BCUT2D eigenvalue weighted by atomic mass is 16.3. The Bertz CT molecular complexity index is 524. The Morgan fingerprint density at radius 1 is 0.950 bits per heavy atom. The summed E-state index contributed by atoms with van der Waals surface area (Å²) in [6.07, 6.45) is 0.608. The summed E-state index contributed by atoms with van der Waals surface area (Å²) in [6, 6.07) is 20.1. The van der Waals surface area contributed by atoms with Gasteiger partial charge in [-0.15, -0.1) is 0 Å². The molecule has 0 aliphatic carbocycles. The van der Waals surface area contributed by atoms with Crippen molar-refractivity contribution in [3.8, 4) is 0 Å². The molecule has 0 fully saturated rings. The SMILES string of the molecule is CC(N(C)C)C(O)(Cc1ccccc1)c1ccccc1. The quantitative estimate of drug-likeness (QED) is 0.901. The van der Waals surface area contributed by atoms with Gasteiger partial charge in [0.25, 0.3) is 0 Å². The summed E-state index contributed by atoms with van der Waals surface area (Å²) in [6.45, 7) is 2.07. The summed E-state index contributed by atoms with van der Waals surface area (Å²) in [7, 11) is 4.01. The summed E-state index contributed by atoms with van der Waals surface area (Å²) in [5.41, 5.74) is 1.21.